The average molecular weight is 437 g/mol. The minimum Gasteiger partial charge on any atom is -0.357 e. The average Bonchev–Trinajstić information content (AvgIpc) is 3.36. The van der Waals surface area contributed by atoms with Crippen LogP contribution in [0.3, 0.4) is 0 Å². The second-order valence-electron chi connectivity index (χ2n) is 7.71. The smallest absolute Gasteiger partial charge is 0.357 e. The number of nitrogens with zero attached hydrogens (tertiary/aromatic N) is 3. The van der Waals surface area contributed by atoms with Crippen LogP contribution in [-0.4, -0.2) is 59.5 Å². The molecule has 3 aliphatic rings. The van der Waals surface area contributed by atoms with E-state index in [2.05, 4.69) is 9.88 Å². The summed E-state index contributed by atoms with van der Waals surface area (Å²) in [6.07, 6.45) is 4.97. The molecule has 0 aromatic carbocycles. The lowest BCUT2D eigenvalue weighted by molar-refractivity contribution is -0.436. The van der Waals surface area contributed by atoms with Gasteiger partial charge in [0.05, 0.1) is 22.7 Å². The molecule has 0 spiro atoms. The summed E-state index contributed by atoms with van der Waals surface area (Å²) in [5, 5.41) is 3.76. The Labute approximate surface area is 173 Å². The van der Waals surface area contributed by atoms with E-state index in [1.165, 1.54) is 22.8 Å². The van der Waals surface area contributed by atoms with Crippen molar-refractivity contribution >= 4 is 27.7 Å². The molecule has 4 rings (SSSR count). The van der Waals surface area contributed by atoms with Crippen molar-refractivity contribution in [2.45, 2.75) is 38.8 Å². The van der Waals surface area contributed by atoms with Crippen molar-refractivity contribution in [2.75, 3.05) is 13.2 Å². The van der Waals surface area contributed by atoms with E-state index in [1.807, 2.05) is 0 Å². The number of urea groups is 1. The number of rotatable bonds is 7. The maximum atomic E-state index is 13.2. The molecule has 1 unspecified atom stereocenters. The summed E-state index contributed by atoms with van der Waals surface area (Å²) >= 11 is 0. The minimum atomic E-state index is -4.01. The molecule has 1 saturated carbocycles. The molecule has 2 aliphatic carbocycles. The summed E-state index contributed by atoms with van der Waals surface area (Å²) in [5.41, 5.74) is -0.0261. The van der Waals surface area contributed by atoms with E-state index in [0.717, 1.165) is 4.90 Å². The van der Waals surface area contributed by atoms with Crippen LogP contribution in [0.5, 0.6) is 0 Å². The van der Waals surface area contributed by atoms with Crippen LogP contribution in [0.4, 0.5) is 9.18 Å². The Morgan fingerprint density at radius 1 is 1.37 bits per heavy atom. The van der Waals surface area contributed by atoms with E-state index >= 15 is 0 Å². The quantitative estimate of drug-likeness (QED) is 0.646. The Bertz CT molecular complexity index is 1110. The van der Waals surface area contributed by atoms with Crippen molar-refractivity contribution in [1.29, 1.82) is 0 Å². The third-order valence-electron chi connectivity index (χ3n) is 5.45. The monoisotopic (exact) mass is 437 g/mol. The molecule has 160 valence electrons. The molecule has 1 aromatic heterocycles. The Morgan fingerprint density at radius 3 is 2.67 bits per heavy atom. The lowest BCUT2D eigenvalue weighted by Gasteiger charge is -2.27. The zero-order chi connectivity index (χ0) is 21.7. The molecule has 1 atom stereocenters. The molecule has 11 heteroatoms. The maximum Gasteiger partial charge on any atom is 0.501 e. The van der Waals surface area contributed by atoms with Gasteiger partial charge in [-0.15, -0.1) is 0 Å². The second kappa shape index (κ2) is 7.24. The van der Waals surface area contributed by atoms with Crippen LogP contribution in [-0.2, 0) is 21.4 Å². The van der Waals surface area contributed by atoms with Gasteiger partial charge in [0, 0.05) is 6.07 Å². The summed E-state index contributed by atoms with van der Waals surface area (Å²) in [6, 6.07) is 1.11. The number of fused-ring (bicyclic) bond motifs is 1. The van der Waals surface area contributed by atoms with E-state index in [1.54, 1.807) is 19.9 Å². The fourth-order valence-corrected chi connectivity index (χ4v) is 5.11. The normalized spacial score (nSPS) is 23.0. The zero-order valence-corrected chi connectivity index (χ0v) is 17.4. The molecule has 0 radical (unpaired) electrons. The highest BCUT2D eigenvalue weighted by atomic mass is 32.2. The first-order valence-electron chi connectivity index (χ1n) is 9.61. The van der Waals surface area contributed by atoms with Crippen molar-refractivity contribution < 1.29 is 31.5 Å². The van der Waals surface area contributed by atoms with Crippen LogP contribution in [0.1, 0.15) is 31.2 Å². The van der Waals surface area contributed by atoms with Gasteiger partial charge < -0.3 is 4.52 Å². The standard InChI is InChI=1S/C19H22FN4O5S/c1-3-23-16-5-4-14(30(27,28)22-19(11-20)6-7-19)9-15(16)17(25)24(18(23)26)10-13-8-12(2)21-29-13/h4-5,8-9,15,22H,3,6-7,10-11H2,1-2H3/q+1. The number of nitrogens with one attached hydrogen (secondary N) is 1. The molecule has 9 nitrogen and oxygen atoms in total. The topological polar surface area (TPSA) is 113 Å². The number of carbonyl (C=O) groups excluding carboxylic acids is 2. The highest BCUT2D eigenvalue weighted by Crippen LogP contribution is 2.37. The van der Waals surface area contributed by atoms with Gasteiger partial charge in [0.1, 0.15) is 18.3 Å². The van der Waals surface area contributed by atoms with Gasteiger partial charge in [-0.3, -0.25) is 0 Å². The molecular formula is C19H22FN4O5S+. The number of aromatic nitrogens is 1. The molecule has 1 aromatic rings. The number of amides is 3. The number of halogens is 1. The van der Waals surface area contributed by atoms with Crippen LogP contribution < -0.4 is 4.72 Å². The molecule has 3 amide bonds. The van der Waals surface area contributed by atoms with E-state index in [0.29, 0.717) is 36.6 Å². The largest absolute Gasteiger partial charge is 0.501 e. The number of aryl methyl sites for hydroxylation is 1. The van der Waals surface area contributed by atoms with Crippen molar-refractivity contribution in [3.05, 3.63) is 40.7 Å². The summed E-state index contributed by atoms with van der Waals surface area (Å²) in [7, 11) is -4.01. The fraction of sp³-hybridized carbons (Fsp3) is 0.474. The Morgan fingerprint density at radius 2 is 2.10 bits per heavy atom. The maximum absolute atomic E-state index is 13.2. The molecular weight excluding hydrogens is 415 g/mol. The number of sulfonamides is 1. The van der Waals surface area contributed by atoms with Crippen LogP contribution in [0.2, 0.25) is 0 Å². The van der Waals surface area contributed by atoms with Gasteiger partial charge in [0.2, 0.25) is 10.0 Å². The zero-order valence-electron chi connectivity index (χ0n) is 16.6. The number of allylic oxidation sites excluding steroid dienone is 2. The van der Waals surface area contributed by atoms with Crippen LogP contribution in [0.15, 0.2) is 33.7 Å². The number of alkyl halides is 1. The Hall–Kier alpha value is -2.66. The van der Waals surface area contributed by atoms with Crippen LogP contribution in [0.25, 0.3) is 0 Å². The van der Waals surface area contributed by atoms with Crippen molar-refractivity contribution in [2.24, 2.45) is 5.92 Å². The number of hydrogen-bond donors (Lipinski definition) is 1. The molecule has 1 N–H and O–H groups in total. The predicted octanol–water partition coefficient (Wildman–Crippen LogP) is 1.41. The Kier molecular flexibility index (Phi) is 4.97. The fourth-order valence-electron chi connectivity index (χ4n) is 3.60. The summed E-state index contributed by atoms with van der Waals surface area (Å²) < 4.78 is 47.6. The van der Waals surface area contributed by atoms with Gasteiger partial charge in [-0.05, 0) is 44.9 Å². The van der Waals surface area contributed by atoms with Gasteiger partial charge in [-0.25, -0.2) is 22.3 Å². The highest BCUT2D eigenvalue weighted by Gasteiger charge is 2.50. The minimum absolute atomic E-state index is 0.109. The van der Waals surface area contributed by atoms with E-state index in [4.69, 9.17) is 4.52 Å². The van der Waals surface area contributed by atoms with E-state index in [9.17, 15) is 22.4 Å². The van der Waals surface area contributed by atoms with Crippen LogP contribution in [0, 0.1) is 12.8 Å². The van der Waals surface area contributed by atoms with Crippen LogP contribution >= 0.6 is 0 Å². The second-order valence-corrected chi connectivity index (χ2v) is 9.39. The van der Waals surface area contributed by atoms with E-state index < -0.39 is 40.1 Å². The molecule has 30 heavy (non-hydrogen) atoms. The Balaban J connectivity index is 1.68. The summed E-state index contributed by atoms with van der Waals surface area (Å²) in [5.74, 6) is -1.17. The molecule has 0 saturated heterocycles. The molecule has 0 bridgehead atoms. The van der Waals surface area contributed by atoms with Gasteiger partial charge in [-0.2, -0.15) is 14.3 Å². The lowest BCUT2D eigenvalue weighted by atomic mass is 9.94. The van der Waals surface area contributed by atoms with Gasteiger partial charge in [0.15, 0.2) is 12.3 Å². The number of imide groups is 1. The summed E-state index contributed by atoms with van der Waals surface area (Å²) in [4.78, 5) is 26.9. The highest BCUT2D eigenvalue weighted by molar-refractivity contribution is 7.93. The SMILES string of the molecule is CC[N+]1=C2C=CC(S(=O)(=O)NC3(CF)CC3)=CC2C(=O)N(Cc2cc(C)no2)C1=O. The molecule has 1 aliphatic heterocycles. The molecule has 1 fully saturated rings. The molecule has 2 heterocycles. The predicted molar refractivity (Wildman–Crippen MR) is 104 cm³/mol. The third-order valence-corrected chi connectivity index (χ3v) is 7.05. The summed E-state index contributed by atoms with van der Waals surface area (Å²) in [6.45, 7) is 2.89. The first-order valence-corrected chi connectivity index (χ1v) is 11.1. The van der Waals surface area contributed by atoms with Crippen molar-refractivity contribution in [3.8, 4) is 0 Å². The van der Waals surface area contributed by atoms with Crippen molar-refractivity contribution in [1.82, 2.24) is 14.8 Å². The van der Waals surface area contributed by atoms with Gasteiger partial charge in [0.25, 0.3) is 0 Å². The van der Waals surface area contributed by atoms with Crippen molar-refractivity contribution in [3.63, 3.8) is 0 Å². The van der Waals surface area contributed by atoms with E-state index in [-0.39, 0.29) is 11.4 Å². The first kappa shape index (κ1) is 20.6. The number of carbonyl (C=O) groups is 2. The first-order chi connectivity index (χ1) is 14.2. The van der Waals surface area contributed by atoms with Gasteiger partial charge >= 0.3 is 11.9 Å². The van der Waals surface area contributed by atoms with Gasteiger partial charge in [-0.1, -0.05) is 5.16 Å². The lowest BCUT2D eigenvalue weighted by Crippen LogP contribution is -2.54. The number of hydrogen-bond acceptors (Lipinski definition) is 6. The third kappa shape index (κ3) is 3.52.